The van der Waals surface area contributed by atoms with E-state index in [-0.39, 0.29) is 11.6 Å². The Morgan fingerprint density at radius 3 is 3.05 bits per heavy atom. The minimum absolute atomic E-state index is 0.208. The van der Waals surface area contributed by atoms with Crippen molar-refractivity contribution in [3.63, 3.8) is 0 Å². The van der Waals surface area contributed by atoms with Crippen LogP contribution in [-0.2, 0) is 6.54 Å². The Kier molecular flexibility index (Phi) is 4.46. The molecule has 0 unspecified atom stereocenters. The van der Waals surface area contributed by atoms with Crippen LogP contribution in [0, 0.1) is 0 Å². The highest BCUT2D eigenvalue weighted by atomic mass is 79.9. The quantitative estimate of drug-likeness (QED) is 0.814. The summed E-state index contributed by atoms with van der Waals surface area (Å²) in [6.45, 7) is 0.937. The van der Waals surface area contributed by atoms with Crippen molar-refractivity contribution in [2.45, 2.75) is 6.54 Å². The molecule has 0 atom stereocenters. The van der Waals surface area contributed by atoms with Crippen LogP contribution in [0.15, 0.2) is 22.9 Å². The number of rotatable bonds is 4. The lowest BCUT2D eigenvalue weighted by Crippen LogP contribution is -2.13. The molecule has 3 N–H and O–H groups in total. The van der Waals surface area contributed by atoms with Crippen molar-refractivity contribution in [3.8, 4) is 0 Å². The molecule has 0 aliphatic heterocycles. The van der Waals surface area contributed by atoms with E-state index in [0.29, 0.717) is 28.4 Å². The summed E-state index contributed by atoms with van der Waals surface area (Å²) in [4.78, 5) is 15.8. The highest BCUT2D eigenvalue weighted by Crippen LogP contribution is 2.22. The van der Waals surface area contributed by atoms with Gasteiger partial charge >= 0.3 is 0 Å². The van der Waals surface area contributed by atoms with Crippen molar-refractivity contribution < 1.29 is 4.79 Å². The number of nitrogens with two attached hydrogens (primary N) is 1. The summed E-state index contributed by atoms with van der Waals surface area (Å²) >= 11 is 8.99. The Hall–Kier alpha value is -1.51. The molecule has 0 aliphatic carbocycles. The molecule has 0 fully saturated rings. The van der Waals surface area contributed by atoms with Crippen LogP contribution in [0.4, 0.5) is 5.69 Å². The lowest BCUT2D eigenvalue weighted by molar-refractivity contribution is 0.102. The lowest BCUT2D eigenvalue weighted by atomic mass is 10.4. The zero-order valence-corrected chi connectivity index (χ0v) is 12.0. The first-order valence-electron chi connectivity index (χ1n) is 5.32. The third kappa shape index (κ3) is 3.49. The van der Waals surface area contributed by atoms with Crippen molar-refractivity contribution in [3.05, 3.63) is 33.8 Å². The van der Waals surface area contributed by atoms with Crippen LogP contribution >= 0.6 is 27.5 Å². The molecular formula is C10H10BrClN6O. The number of hydrogen-bond acceptors (Lipinski definition) is 5. The van der Waals surface area contributed by atoms with Gasteiger partial charge in [0.2, 0.25) is 0 Å². The number of nitrogens with zero attached hydrogens (tertiary/aromatic N) is 4. The van der Waals surface area contributed by atoms with Gasteiger partial charge in [-0.1, -0.05) is 16.8 Å². The van der Waals surface area contributed by atoms with Gasteiger partial charge in [-0.05, 0) is 22.0 Å². The second kappa shape index (κ2) is 6.09. The van der Waals surface area contributed by atoms with Gasteiger partial charge in [-0.15, -0.1) is 5.10 Å². The van der Waals surface area contributed by atoms with E-state index in [1.54, 1.807) is 6.07 Å². The van der Waals surface area contributed by atoms with E-state index in [1.165, 1.54) is 17.1 Å². The number of hydrogen-bond donors (Lipinski definition) is 2. The molecule has 19 heavy (non-hydrogen) atoms. The van der Waals surface area contributed by atoms with E-state index in [9.17, 15) is 4.79 Å². The summed E-state index contributed by atoms with van der Waals surface area (Å²) in [6, 6.07) is 1.65. The lowest BCUT2D eigenvalue weighted by Gasteiger charge is -2.03. The number of aromatic nitrogens is 4. The molecule has 0 aromatic carbocycles. The molecule has 2 rings (SSSR count). The van der Waals surface area contributed by atoms with Crippen molar-refractivity contribution in [1.29, 1.82) is 0 Å². The second-order valence-electron chi connectivity index (χ2n) is 3.61. The second-order valence-corrected chi connectivity index (χ2v) is 4.82. The van der Waals surface area contributed by atoms with Crippen molar-refractivity contribution in [2.75, 3.05) is 11.9 Å². The fraction of sp³-hybridized carbons (Fsp3) is 0.200. The predicted octanol–water partition coefficient (Wildman–Crippen LogP) is 1.30. The zero-order chi connectivity index (χ0) is 13.8. The van der Waals surface area contributed by atoms with Gasteiger partial charge < -0.3 is 11.1 Å². The molecular weight excluding hydrogens is 336 g/mol. The number of nitrogens with one attached hydrogen (secondary N) is 1. The summed E-state index contributed by atoms with van der Waals surface area (Å²) < 4.78 is 2.10. The fourth-order valence-corrected chi connectivity index (χ4v) is 1.78. The Morgan fingerprint density at radius 1 is 1.58 bits per heavy atom. The van der Waals surface area contributed by atoms with Gasteiger partial charge in [0.15, 0.2) is 5.69 Å². The van der Waals surface area contributed by atoms with E-state index < -0.39 is 0 Å². The first-order chi connectivity index (χ1) is 9.10. The molecule has 0 saturated heterocycles. The highest BCUT2D eigenvalue weighted by Gasteiger charge is 2.11. The molecule has 0 spiro atoms. The van der Waals surface area contributed by atoms with E-state index in [4.69, 9.17) is 17.3 Å². The molecule has 0 radical (unpaired) electrons. The molecule has 100 valence electrons. The Balaban J connectivity index is 2.09. The maximum absolute atomic E-state index is 11.9. The summed E-state index contributed by atoms with van der Waals surface area (Å²) in [5.74, 6) is -0.376. The predicted molar refractivity (Wildman–Crippen MR) is 74.0 cm³/mol. The number of pyridine rings is 1. The first kappa shape index (κ1) is 13.9. The fourth-order valence-electron chi connectivity index (χ4n) is 1.33. The number of anilines is 1. The Labute approximate surface area is 122 Å². The maximum Gasteiger partial charge on any atom is 0.277 e. The summed E-state index contributed by atoms with van der Waals surface area (Å²) in [5, 5.41) is 10.5. The Bertz CT molecular complexity index is 601. The van der Waals surface area contributed by atoms with Gasteiger partial charge in [0, 0.05) is 6.54 Å². The number of halogens is 2. The number of amides is 1. The van der Waals surface area contributed by atoms with E-state index in [0.717, 1.165) is 0 Å². The third-order valence-electron chi connectivity index (χ3n) is 2.18. The molecule has 1 amide bonds. The standard InChI is InChI=1S/C10H10BrClN6O/c11-7-3-6(4-14-9(7)12)15-10(19)8-5-18(2-1-13)17-16-8/h3-5H,1-2,13H2,(H,15,19). The average molecular weight is 346 g/mol. The highest BCUT2D eigenvalue weighted by molar-refractivity contribution is 9.10. The van der Waals surface area contributed by atoms with Gasteiger partial charge in [0.25, 0.3) is 5.91 Å². The number of carbonyl (C=O) groups excluding carboxylic acids is 1. The average Bonchev–Trinajstić information content (AvgIpc) is 2.83. The van der Waals surface area contributed by atoms with Crippen LogP contribution in [0.3, 0.4) is 0 Å². The van der Waals surface area contributed by atoms with E-state index in [1.807, 2.05) is 0 Å². The summed E-state index contributed by atoms with van der Waals surface area (Å²) in [5.41, 5.74) is 6.10. The van der Waals surface area contributed by atoms with Crippen LogP contribution in [0.2, 0.25) is 5.15 Å². The minimum Gasteiger partial charge on any atom is -0.329 e. The van der Waals surface area contributed by atoms with Crippen LogP contribution < -0.4 is 11.1 Å². The molecule has 2 aromatic rings. The minimum atomic E-state index is -0.376. The summed E-state index contributed by atoms with van der Waals surface area (Å²) in [6.07, 6.45) is 2.98. The van der Waals surface area contributed by atoms with Crippen LogP contribution in [0.25, 0.3) is 0 Å². The molecule has 2 heterocycles. The number of carbonyl (C=O) groups is 1. The molecule has 9 heteroatoms. The van der Waals surface area contributed by atoms with E-state index in [2.05, 4.69) is 36.5 Å². The van der Waals surface area contributed by atoms with E-state index >= 15 is 0 Å². The van der Waals surface area contributed by atoms with Gasteiger partial charge in [-0.3, -0.25) is 9.48 Å². The molecule has 2 aromatic heterocycles. The topological polar surface area (TPSA) is 98.7 Å². The zero-order valence-electron chi connectivity index (χ0n) is 9.68. The molecule has 0 saturated carbocycles. The molecule has 7 nitrogen and oxygen atoms in total. The van der Waals surface area contributed by atoms with Crippen LogP contribution in [0.1, 0.15) is 10.5 Å². The maximum atomic E-state index is 11.9. The summed E-state index contributed by atoms with van der Waals surface area (Å²) in [7, 11) is 0. The van der Waals surface area contributed by atoms with Crippen LogP contribution in [-0.4, -0.2) is 32.4 Å². The smallest absolute Gasteiger partial charge is 0.277 e. The molecule has 0 aliphatic rings. The van der Waals surface area contributed by atoms with Gasteiger partial charge in [-0.25, -0.2) is 4.98 Å². The monoisotopic (exact) mass is 344 g/mol. The van der Waals surface area contributed by atoms with Gasteiger partial charge in [0.05, 0.1) is 29.1 Å². The van der Waals surface area contributed by atoms with Crippen molar-refractivity contribution in [1.82, 2.24) is 20.0 Å². The molecule has 0 bridgehead atoms. The Morgan fingerprint density at radius 2 is 2.37 bits per heavy atom. The third-order valence-corrected chi connectivity index (χ3v) is 3.32. The van der Waals surface area contributed by atoms with Crippen molar-refractivity contribution >= 4 is 39.1 Å². The first-order valence-corrected chi connectivity index (χ1v) is 6.50. The normalized spacial score (nSPS) is 10.5. The SMILES string of the molecule is NCCn1cc(C(=O)Nc2cnc(Cl)c(Br)c2)nn1. The van der Waals surface area contributed by atoms with Crippen molar-refractivity contribution in [2.24, 2.45) is 5.73 Å². The van der Waals surface area contributed by atoms with Gasteiger partial charge in [0.1, 0.15) is 5.15 Å². The van der Waals surface area contributed by atoms with Crippen LogP contribution in [0.5, 0.6) is 0 Å². The van der Waals surface area contributed by atoms with Gasteiger partial charge in [-0.2, -0.15) is 0 Å². The largest absolute Gasteiger partial charge is 0.329 e.